The number of ether oxygens (including phenoxy) is 1. The Balaban J connectivity index is 1.63. The van der Waals surface area contributed by atoms with Crippen molar-refractivity contribution in [2.24, 2.45) is 0 Å². The molecule has 0 atom stereocenters. The van der Waals surface area contributed by atoms with Gasteiger partial charge >= 0.3 is 0 Å². The maximum atomic E-state index is 12.2. The van der Waals surface area contributed by atoms with Gasteiger partial charge in [0.15, 0.2) is 5.16 Å². The van der Waals surface area contributed by atoms with Crippen LogP contribution < -0.4 is 10.1 Å². The first-order valence-corrected chi connectivity index (χ1v) is 9.16. The Morgan fingerprint density at radius 2 is 2.04 bits per heavy atom. The monoisotopic (exact) mass is 388 g/mol. The van der Waals surface area contributed by atoms with Crippen molar-refractivity contribution in [3.63, 3.8) is 0 Å². The van der Waals surface area contributed by atoms with E-state index in [1.807, 2.05) is 25.1 Å². The number of amides is 1. The predicted molar refractivity (Wildman–Crippen MR) is 103 cm³/mol. The molecule has 134 valence electrons. The third kappa shape index (κ3) is 4.36. The van der Waals surface area contributed by atoms with E-state index in [1.54, 1.807) is 42.3 Å². The van der Waals surface area contributed by atoms with Crippen molar-refractivity contribution in [3.05, 3.63) is 59.4 Å². The van der Waals surface area contributed by atoms with Crippen molar-refractivity contribution in [3.8, 4) is 11.4 Å². The molecule has 0 aliphatic rings. The van der Waals surface area contributed by atoms with Crippen LogP contribution in [0.3, 0.4) is 0 Å². The maximum Gasteiger partial charge on any atom is 0.234 e. The summed E-state index contributed by atoms with van der Waals surface area (Å²) in [5.74, 6) is 0.823. The number of hydrogen-bond acceptors (Lipinski definition) is 5. The molecule has 2 aromatic carbocycles. The largest absolute Gasteiger partial charge is 0.497 e. The Bertz CT molecular complexity index is 912. The van der Waals surface area contributed by atoms with Crippen LogP contribution in [0, 0.1) is 6.92 Å². The second kappa shape index (κ2) is 8.25. The highest BCUT2D eigenvalue weighted by molar-refractivity contribution is 7.99. The number of aromatic nitrogens is 3. The molecule has 0 spiro atoms. The van der Waals surface area contributed by atoms with Gasteiger partial charge in [-0.2, -0.15) is 0 Å². The van der Waals surface area contributed by atoms with Gasteiger partial charge in [0.05, 0.1) is 18.6 Å². The number of rotatable bonds is 6. The van der Waals surface area contributed by atoms with Crippen LogP contribution in [0.4, 0.5) is 5.69 Å². The van der Waals surface area contributed by atoms with E-state index in [9.17, 15) is 4.79 Å². The number of thioether (sulfide) groups is 1. The van der Waals surface area contributed by atoms with Crippen LogP contribution in [0.15, 0.2) is 53.9 Å². The Kier molecular flexibility index (Phi) is 5.80. The minimum absolute atomic E-state index is 0.128. The zero-order chi connectivity index (χ0) is 18.5. The third-order valence-corrected chi connectivity index (χ3v) is 5.01. The predicted octanol–water partition coefficient (Wildman–Crippen LogP) is 3.97. The van der Waals surface area contributed by atoms with Gasteiger partial charge in [0.2, 0.25) is 5.91 Å². The minimum Gasteiger partial charge on any atom is -0.497 e. The van der Waals surface area contributed by atoms with Crippen LogP contribution in [0.2, 0.25) is 5.02 Å². The topological polar surface area (TPSA) is 69.0 Å². The van der Waals surface area contributed by atoms with Gasteiger partial charge in [-0.3, -0.25) is 9.36 Å². The highest BCUT2D eigenvalue weighted by atomic mass is 35.5. The second-order valence-electron chi connectivity index (χ2n) is 5.48. The molecule has 0 saturated heterocycles. The van der Waals surface area contributed by atoms with Crippen LogP contribution in [0.5, 0.6) is 5.75 Å². The lowest BCUT2D eigenvalue weighted by molar-refractivity contribution is -0.113. The van der Waals surface area contributed by atoms with Crippen molar-refractivity contribution in [2.75, 3.05) is 18.2 Å². The summed E-state index contributed by atoms with van der Waals surface area (Å²) in [6.45, 7) is 1.94. The Morgan fingerprint density at radius 3 is 2.73 bits per heavy atom. The van der Waals surface area contributed by atoms with E-state index in [2.05, 4.69) is 15.5 Å². The van der Waals surface area contributed by atoms with E-state index in [0.29, 0.717) is 15.9 Å². The molecule has 3 rings (SSSR count). The summed E-state index contributed by atoms with van der Waals surface area (Å²) < 4.78 is 6.90. The van der Waals surface area contributed by atoms with Gasteiger partial charge in [-0.15, -0.1) is 10.2 Å². The first-order valence-electron chi connectivity index (χ1n) is 7.80. The highest BCUT2D eigenvalue weighted by Crippen LogP contribution is 2.24. The number of carbonyl (C=O) groups is 1. The molecule has 1 aromatic heterocycles. The standard InChI is InChI=1S/C18H17ClN4O2S/c1-12-3-6-14(9-16(12)19)23-11-20-22-18(23)26-10-17(24)21-13-4-7-15(25-2)8-5-13/h3-9,11H,10H2,1-2H3,(H,21,24). The Morgan fingerprint density at radius 1 is 1.27 bits per heavy atom. The molecule has 1 amide bonds. The Hall–Kier alpha value is -2.51. The molecule has 0 radical (unpaired) electrons. The molecule has 0 saturated carbocycles. The number of anilines is 1. The molecule has 1 heterocycles. The Labute approximate surface area is 160 Å². The minimum atomic E-state index is -0.128. The summed E-state index contributed by atoms with van der Waals surface area (Å²) in [5.41, 5.74) is 2.56. The van der Waals surface area contributed by atoms with Crippen molar-refractivity contribution < 1.29 is 9.53 Å². The lowest BCUT2D eigenvalue weighted by Gasteiger charge is -2.08. The fraction of sp³-hybridized carbons (Fsp3) is 0.167. The average Bonchev–Trinajstić information content (AvgIpc) is 3.11. The van der Waals surface area contributed by atoms with Gasteiger partial charge in [0.25, 0.3) is 0 Å². The molecule has 0 bridgehead atoms. The van der Waals surface area contributed by atoms with Gasteiger partial charge in [-0.1, -0.05) is 29.4 Å². The molecule has 0 fully saturated rings. The second-order valence-corrected chi connectivity index (χ2v) is 6.83. The normalized spacial score (nSPS) is 10.6. The number of nitrogens with zero attached hydrogens (tertiary/aromatic N) is 3. The first-order chi connectivity index (χ1) is 12.6. The first kappa shape index (κ1) is 18.3. The lowest BCUT2D eigenvalue weighted by atomic mass is 10.2. The van der Waals surface area contributed by atoms with Gasteiger partial charge < -0.3 is 10.1 Å². The van der Waals surface area contributed by atoms with Crippen molar-refractivity contribution >= 4 is 35.0 Å². The number of benzene rings is 2. The van der Waals surface area contributed by atoms with E-state index in [-0.39, 0.29) is 11.7 Å². The zero-order valence-corrected chi connectivity index (χ0v) is 15.8. The highest BCUT2D eigenvalue weighted by Gasteiger charge is 2.11. The van der Waals surface area contributed by atoms with Gasteiger partial charge in [0, 0.05) is 10.7 Å². The molecule has 26 heavy (non-hydrogen) atoms. The summed E-state index contributed by atoms with van der Waals surface area (Å²) in [5, 5.41) is 12.1. The van der Waals surface area contributed by atoms with Crippen LogP contribution in [0.25, 0.3) is 5.69 Å². The lowest BCUT2D eigenvalue weighted by Crippen LogP contribution is -2.14. The summed E-state index contributed by atoms with van der Waals surface area (Å²) in [7, 11) is 1.60. The fourth-order valence-electron chi connectivity index (χ4n) is 2.23. The molecule has 6 nitrogen and oxygen atoms in total. The smallest absolute Gasteiger partial charge is 0.234 e. The number of aryl methyl sites for hydroxylation is 1. The van der Waals surface area contributed by atoms with Crippen LogP contribution in [-0.4, -0.2) is 33.5 Å². The van der Waals surface area contributed by atoms with E-state index in [0.717, 1.165) is 17.0 Å². The number of nitrogens with one attached hydrogen (secondary N) is 1. The number of methoxy groups -OCH3 is 1. The zero-order valence-electron chi connectivity index (χ0n) is 14.3. The van der Waals surface area contributed by atoms with Crippen LogP contribution in [0.1, 0.15) is 5.56 Å². The van der Waals surface area contributed by atoms with E-state index in [1.165, 1.54) is 11.8 Å². The summed E-state index contributed by atoms with van der Waals surface area (Å²) >= 11 is 7.49. The van der Waals surface area contributed by atoms with Crippen LogP contribution in [-0.2, 0) is 4.79 Å². The summed E-state index contributed by atoms with van der Waals surface area (Å²) in [4.78, 5) is 12.2. The van der Waals surface area contributed by atoms with Gasteiger partial charge in [-0.25, -0.2) is 0 Å². The molecular formula is C18H17ClN4O2S. The van der Waals surface area contributed by atoms with Crippen molar-refractivity contribution in [1.82, 2.24) is 14.8 Å². The van der Waals surface area contributed by atoms with E-state index < -0.39 is 0 Å². The summed E-state index contributed by atoms with van der Waals surface area (Å²) in [6, 6.07) is 12.9. The molecule has 8 heteroatoms. The van der Waals surface area contributed by atoms with Gasteiger partial charge in [-0.05, 0) is 48.9 Å². The number of halogens is 1. The van der Waals surface area contributed by atoms with Gasteiger partial charge in [0.1, 0.15) is 12.1 Å². The fourth-order valence-corrected chi connectivity index (χ4v) is 3.14. The maximum absolute atomic E-state index is 12.2. The number of hydrogen-bond donors (Lipinski definition) is 1. The quantitative estimate of drug-likeness (QED) is 0.647. The van der Waals surface area contributed by atoms with E-state index >= 15 is 0 Å². The van der Waals surface area contributed by atoms with Crippen molar-refractivity contribution in [1.29, 1.82) is 0 Å². The number of carbonyl (C=O) groups excluding carboxylic acids is 1. The molecule has 0 aliphatic heterocycles. The molecule has 3 aromatic rings. The van der Waals surface area contributed by atoms with E-state index in [4.69, 9.17) is 16.3 Å². The third-order valence-electron chi connectivity index (χ3n) is 3.66. The average molecular weight is 389 g/mol. The molecule has 0 unspecified atom stereocenters. The van der Waals surface area contributed by atoms with Crippen molar-refractivity contribution in [2.45, 2.75) is 12.1 Å². The summed E-state index contributed by atoms with van der Waals surface area (Å²) in [6.07, 6.45) is 1.60. The van der Waals surface area contributed by atoms with Crippen LogP contribution >= 0.6 is 23.4 Å². The SMILES string of the molecule is COc1ccc(NC(=O)CSc2nncn2-c2ccc(C)c(Cl)c2)cc1. The molecular weight excluding hydrogens is 372 g/mol. The molecule has 0 aliphatic carbocycles. The molecule has 1 N–H and O–H groups in total.